The molecule has 1 N–H and O–H groups in total. The average molecular weight is 294 g/mol. The van der Waals surface area contributed by atoms with E-state index >= 15 is 0 Å². The maximum absolute atomic E-state index is 5.79. The highest BCUT2D eigenvalue weighted by Crippen LogP contribution is 2.35. The third-order valence-corrected chi connectivity index (χ3v) is 5.57. The summed E-state index contributed by atoms with van der Waals surface area (Å²) in [5.74, 6) is 0.502. The van der Waals surface area contributed by atoms with E-state index in [2.05, 4.69) is 19.2 Å². The molecule has 2 heterocycles. The van der Waals surface area contributed by atoms with E-state index in [0.29, 0.717) is 5.92 Å². The second kappa shape index (κ2) is 6.54. The second-order valence-corrected chi connectivity index (χ2v) is 7.49. The molecular weight excluding hydrogens is 268 g/mol. The zero-order chi connectivity index (χ0) is 13.9. The van der Waals surface area contributed by atoms with Crippen LogP contribution in [0.2, 0.25) is 0 Å². The number of hydrogen-bond acceptors (Lipinski definition) is 4. The topological polar surface area (TPSA) is 34.1 Å². The van der Waals surface area contributed by atoms with Gasteiger partial charge in [-0.05, 0) is 31.6 Å². The summed E-state index contributed by atoms with van der Waals surface area (Å²) >= 11 is 1.87. The van der Waals surface area contributed by atoms with E-state index in [1.165, 1.54) is 47.7 Å². The highest BCUT2D eigenvalue weighted by molar-refractivity contribution is 7.11. The van der Waals surface area contributed by atoms with Gasteiger partial charge in [0, 0.05) is 24.1 Å². The number of ether oxygens (including phenoxy) is 1. The Labute approximate surface area is 126 Å². The molecule has 1 unspecified atom stereocenters. The van der Waals surface area contributed by atoms with Gasteiger partial charge in [-0.1, -0.05) is 26.7 Å². The summed E-state index contributed by atoms with van der Waals surface area (Å²) < 4.78 is 5.79. The van der Waals surface area contributed by atoms with Crippen LogP contribution in [-0.4, -0.2) is 17.6 Å². The lowest BCUT2D eigenvalue weighted by molar-refractivity contribution is 0.111. The third-order valence-electron chi connectivity index (χ3n) is 4.40. The predicted octanol–water partition coefficient (Wildman–Crippen LogP) is 4.15. The summed E-state index contributed by atoms with van der Waals surface area (Å²) in [5.41, 5.74) is 1.28. The number of thiazole rings is 1. The van der Waals surface area contributed by atoms with Gasteiger partial charge >= 0.3 is 0 Å². The molecule has 1 aromatic heterocycles. The smallest absolute Gasteiger partial charge is 0.122 e. The van der Waals surface area contributed by atoms with Crippen molar-refractivity contribution in [3.8, 4) is 0 Å². The number of nitrogens with zero attached hydrogens (tertiary/aromatic N) is 1. The van der Waals surface area contributed by atoms with E-state index in [1.54, 1.807) is 0 Å². The first kappa shape index (κ1) is 14.5. The number of rotatable bonds is 5. The maximum atomic E-state index is 5.79. The molecule has 0 spiro atoms. The van der Waals surface area contributed by atoms with E-state index in [4.69, 9.17) is 9.72 Å². The monoisotopic (exact) mass is 294 g/mol. The molecule has 0 amide bonds. The van der Waals surface area contributed by atoms with Gasteiger partial charge in [-0.3, -0.25) is 0 Å². The summed E-state index contributed by atoms with van der Waals surface area (Å²) in [7, 11) is 0. The predicted molar refractivity (Wildman–Crippen MR) is 83.2 cm³/mol. The van der Waals surface area contributed by atoms with Crippen LogP contribution in [0.3, 0.4) is 0 Å². The lowest BCUT2D eigenvalue weighted by atomic mass is 10.1. The van der Waals surface area contributed by atoms with Crippen LogP contribution < -0.4 is 5.32 Å². The first-order valence-electron chi connectivity index (χ1n) is 8.08. The normalized spacial score (nSPS) is 24.1. The van der Waals surface area contributed by atoms with E-state index in [1.807, 2.05) is 11.3 Å². The second-order valence-electron chi connectivity index (χ2n) is 6.38. The van der Waals surface area contributed by atoms with Crippen LogP contribution in [0.25, 0.3) is 0 Å². The Kier molecular flexibility index (Phi) is 4.74. The Bertz CT molecular complexity index is 432. The van der Waals surface area contributed by atoms with Crippen molar-refractivity contribution >= 4 is 11.3 Å². The van der Waals surface area contributed by atoms with Crippen LogP contribution in [0.4, 0.5) is 0 Å². The quantitative estimate of drug-likeness (QED) is 0.886. The third kappa shape index (κ3) is 3.23. The fourth-order valence-electron chi connectivity index (χ4n) is 3.24. The van der Waals surface area contributed by atoms with E-state index in [-0.39, 0.29) is 6.10 Å². The minimum absolute atomic E-state index is 0.262. The molecule has 1 aliphatic carbocycles. The van der Waals surface area contributed by atoms with Crippen molar-refractivity contribution < 1.29 is 4.74 Å². The highest BCUT2D eigenvalue weighted by Gasteiger charge is 2.24. The van der Waals surface area contributed by atoms with Gasteiger partial charge in [-0.15, -0.1) is 11.3 Å². The molecular formula is C16H26N2OS. The van der Waals surface area contributed by atoms with Gasteiger partial charge in [-0.2, -0.15) is 0 Å². The summed E-state index contributed by atoms with van der Waals surface area (Å²) in [6.45, 7) is 6.38. The first-order chi connectivity index (χ1) is 9.74. The molecule has 2 aliphatic rings. The molecule has 0 radical (unpaired) electrons. The molecule has 1 aromatic rings. The Morgan fingerprint density at radius 3 is 2.70 bits per heavy atom. The van der Waals surface area contributed by atoms with Crippen LogP contribution in [0, 0.1) is 0 Å². The van der Waals surface area contributed by atoms with Crippen LogP contribution in [0.15, 0.2) is 0 Å². The van der Waals surface area contributed by atoms with Crippen LogP contribution in [-0.2, 0) is 11.3 Å². The number of nitrogens with one attached hydrogen (secondary N) is 1. The van der Waals surface area contributed by atoms with Crippen molar-refractivity contribution in [2.45, 2.75) is 77.0 Å². The number of hydrogen-bond donors (Lipinski definition) is 1. The fourth-order valence-corrected chi connectivity index (χ4v) is 4.49. The van der Waals surface area contributed by atoms with Crippen molar-refractivity contribution in [1.82, 2.24) is 10.3 Å². The Hall–Kier alpha value is -0.450. The van der Waals surface area contributed by atoms with Crippen LogP contribution in [0.5, 0.6) is 0 Å². The minimum Gasteiger partial charge on any atom is -0.371 e. The zero-order valence-corrected chi connectivity index (χ0v) is 13.5. The number of aromatic nitrogens is 1. The molecule has 3 nitrogen and oxygen atoms in total. The molecule has 1 atom stereocenters. The summed E-state index contributed by atoms with van der Waals surface area (Å²) in [6, 6.07) is 0.725. The Balaban J connectivity index is 1.70. The lowest BCUT2D eigenvalue weighted by Crippen LogP contribution is -2.25. The van der Waals surface area contributed by atoms with E-state index in [0.717, 1.165) is 25.6 Å². The van der Waals surface area contributed by atoms with Gasteiger partial charge in [0.25, 0.3) is 0 Å². The van der Waals surface area contributed by atoms with Crippen molar-refractivity contribution in [2.75, 3.05) is 6.61 Å². The average Bonchev–Trinajstić information content (AvgIpc) is 3.17. The van der Waals surface area contributed by atoms with E-state index in [9.17, 15) is 0 Å². The minimum atomic E-state index is 0.262. The highest BCUT2D eigenvalue weighted by atomic mass is 32.1. The standard InChI is InChI=1S/C16H26N2OS/c1-11(2)15-14(10-17-12-6-3-4-7-12)20-16(18-15)13-8-5-9-19-13/h11-13,17H,3-10H2,1-2H3. The van der Waals surface area contributed by atoms with Gasteiger partial charge in [0.1, 0.15) is 11.1 Å². The molecule has 1 aliphatic heterocycles. The molecule has 1 saturated heterocycles. The zero-order valence-electron chi connectivity index (χ0n) is 12.7. The summed E-state index contributed by atoms with van der Waals surface area (Å²) in [6.07, 6.45) is 8.04. The fraction of sp³-hybridized carbons (Fsp3) is 0.812. The van der Waals surface area contributed by atoms with Gasteiger partial charge in [-0.25, -0.2) is 4.98 Å². The van der Waals surface area contributed by atoms with Gasteiger partial charge in [0.05, 0.1) is 5.69 Å². The van der Waals surface area contributed by atoms with Crippen LogP contribution >= 0.6 is 11.3 Å². The van der Waals surface area contributed by atoms with Crippen LogP contribution in [0.1, 0.15) is 80.0 Å². The van der Waals surface area contributed by atoms with Crippen molar-refractivity contribution in [3.05, 3.63) is 15.6 Å². The Morgan fingerprint density at radius 1 is 1.25 bits per heavy atom. The molecule has 112 valence electrons. The Morgan fingerprint density at radius 2 is 2.05 bits per heavy atom. The van der Waals surface area contributed by atoms with Gasteiger partial charge in [0.15, 0.2) is 0 Å². The molecule has 1 saturated carbocycles. The van der Waals surface area contributed by atoms with Crippen molar-refractivity contribution in [1.29, 1.82) is 0 Å². The largest absolute Gasteiger partial charge is 0.371 e. The molecule has 4 heteroatoms. The molecule has 0 aromatic carbocycles. The van der Waals surface area contributed by atoms with Gasteiger partial charge < -0.3 is 10.1 Å². The molecule has 3 rings (SSSR count). The molecule has 0 bridgehead atoms. The van der Waals surface area contributed by atoms with Crippen molar-refractivity contribution in [3.63, 3.8) is 0 Å². The summed E-state index contributed by atoms with van der Waals surface area (Å²) in [5, 5.41) is 4.93. The maximum Gasteiger partial charge on any atom is 0.122 e. The molecule has 2 fully saturated rings. The molecule has 20 heavy (non-hydrogen) atoms. The van der Waals surface area contributed by atoms with Gasteiger partial charge in [0.2, 0.25) is 0 Å². The van der Waals surface area contributed by atoms with Crippen molar-refractivity contribution in [2.24, 2.45) is 0 Å². The lowest BCUT2D eigenvalue weighted by Gasteiger charge is -2.12. The SMILES string of the molecule is CC(C)c1nc(C2CCCO2)sc1CNC1CCCC1. The first-order valence-corrected chi connectivity index (χ1v) is 8.90. The van der Waals surface area contributed by atoms with E-state index < -0.39 is 0 Å². The summed E-state index contributed by atoms with van der Waals surface area (Å²) in [4.78, 5) is 6.32.